The zero-order valence-corrected chi connectivity index (χ0v) is 21.1. The van der Waals surface area contributed by atoms with E-state index in [1.54, 1.807) is 24.4 Å². The number of nitrogens with one attached hydrogen (secondary N) is 1. The fourth-order valence-corrected chi connectivity index (χ4v) is 3.88. The van der Waals surface area contributed by atoms with Crippen LogP contribution in [0.5, 0.6) is 0 Å². The van der Waals surface area contributed by atoms with Gasteiger partial charge < -0.3 is 14.6 Å². The molecule has 2 aromatic rings. The van der Waals surface area contributed by atoms with Crippen molar-refractivity contribution >= 4 is 23.5 Å². The number of nitriles is 1. The van der Waals surface area contributed by atoms with Crippen molar-refractivity contribution in [3.05, 3.63) is 77.6 Å². The zero-order valence-electron chi connectivity index (χ0n) is 20.3. The van der Waals surface area contributed by atoms with Crippen molar-refractivity contribution in [2.24, 2.45) is 0 Å². The number of alkyl halides is 1. The summed E-state index contributed by atoms with van der Waals surface area (Å²) >= 11 is 5.34. The average Bonchev–Trinajstić information content (AvgIpc) is 3.33. The fourth-order valence-electron chi connectivity index (χ4n) is 3.88. The number of amides is 3. The number of hydrogen-bond acceptors (Lipinski definition) is 5. The molecule has 1 spiro atoms. The molecule has 0 bridgehead atoms. The Hall–Kier alpha value is -4.01. The lowest BCUT2D eigenvalue weighted by Gasteiger charge is -2.27. The van der Waals surface area contributed by atoms with E-state index in [1.165, 1.54) is 11.0 Å². The monoisotopic (exact) mass is 505 g/mol. The van der Waals surface area contributed by atoms with Crippen LogP contribution in [0.1, 0.15) is 36.0 Å². The number of urea groups is 1. The molecule has 2 unspecified atom stereocenters. The van der Waals surface area contributed by atoms with E-state index in [4.69, 9.17) is 28.0 Å². The van der Waals surface area contributed by atoms with Crippen LogP contribution in [0, 0.1) is 30.6 Å². The summed E-state index contributed by atoms with van der Waals surface area (Å²) < 4.78 is 7.37. The van der Waals surface area contributed by atoms with Crippen LogP contribution < -0.4 is 5.32 Å². The van der Waals surface area contributed by atoms with E-state index < -0.39 is 11.6 Å². The number of ether oxygens (including phenoxy) is 1. The summed E-state index contributed by atoms with van der Waals surface area (Å²) in [7, 11) is 0. The third-order valence-corrected chi connectivity index (χ3v) is 6.13. The highest BCUT2D eigenvalue weighted by molar-refractivity contribution is 6.21. The first-order valence-electron chi connectivity index (χ1n) is 11.5. The molecule has 3 amide bonds. The van der Waals surface area contributed by atoms with Gasteiger partial charge in [0.15, 0.2) is 5.76 Å². The second-order valence-corrected chi connectivity index (χ2v) is 9.15. The Morgan fingerprint density at radius 2 is 2.08 bits per heavy atom. The lowest BCUT2D eigenvalue weighted by molar-refractivity contribution is -0.130. The minimum absolute atomic E-state index is 0.120. The molecule has 9 heteroatoms. The second kappa shape index (κ2) is 11.6. The molecule has 3 heterocycles. The number of hydrogen-bond donors (Lipinski definition) is 1. The van der Waals surface area contributed by atoms with Crippen LogP contribution in [0.3, 0.4) is 0 Å². The van der Waals surface area contributed by atoms with E-state index in [9.17, 15) is 9.59 Å². The predicted octanol–water partition coefficient (Wildman–Crippen LogP) is 3.68. The van der Waals surface area contributed by atoms with Crippen LogP contribution in [0.25, 0.3) is 0 Å². The standard InChI is InChI=1S/C23H21N5O3.C4H7Cl/c1-3-20-12-23(9-11-31-20)21(29)27(22(30)26-23)10-8-19-14-25-16(2)28(19)15-18-6-4-17(13-24)5-7-18;1-3-4(2)5/h1,4-7,12,14H,8-11,15H2,2H3,(H,26,30);3-4H,1H2,2H3. The SMILES string of the molecule is C#CC1=CC2(CCO1)NC(=O)N(CCc1cnc(C)n1Cc1ccc(C#N)cc1)C2=O.C=CC(C)Cl. The Kier molecular flexibility index (Phi) is 8.58. The van der Waals surface area contributed by atoms with Crippen molar-refractivity contribution in [3.8, 4) is 18.4 Å². The first kappa shape index (κ1) is 26.6. The number of aryl methyl sites for hydroxylation is 1. The first-order chi connectivity index (χ1) is 17.2. The van der Waals surface area contributed by atoms with Crippen molar-refractivity contribution in [1.29, 1.82) is 5.26 Å². The minimum Gasteiger partial charge on any atom is -0.486 e. The van der Waals surface area contributed by atoms with Crippen LogP contribution in [0.2, 0.25) is 0 Å². The van der Waals surface area contributed by atoms with Gasteiger partial charge in [0.2, 0.25) is 0 Å². The third kappa shape index (κ3) is 5.97. The van der Waals surface area contributed by atoms with E-state index in [0.29, 0.717) is 24.9 Å². The van der Waals surface area contributed by atoms with Crippen molar-refractivity contribution in [2.75, 3.05) is 13.2 Å². The number of aromatic nitrogens is 2. The van der Waals surface area contributed by atoms with Gasteiger partial charge in [0.1, 0.15) is 11.4 Å². The van der Waals surface area contributed by atoms with E-state index in [1.807, 2.05) is 30.5 Å². The molecular weight excluding hydrogens is 478 g/mol. The van der Waals surface area contributed by atoms with Gasteiger partial charge in [0.25, 0.3) is 5.91 Å². The Morgan fingerprint density at radius 1 is 1.39 bits per heavy atom. The van der Waals surface area contributed by atoms with Gasteiger partial charge in [0.05, 0.1) is 18.2 Å². The maximum absolute atomic E-state index is 13.0. The molecule has 36 heavy (non-hydrogen) atoms. The van der Waals surface area contributed by atoms with Gasteiger partial charge in [-0.05, 0) is 37.5 Å². The first-order valence-corrected chi connectivity index (χ1v) is 11.9. The Labute approximate surface area is 216 Å². The van der Waals surface area contributed by atoms with Gasteiger partial charge in [-0.1, -0.05) is 18.2 Å². The molecule has 1 fully saturated rings. The minimum atomic E-state index is -1.13. The largest absolute Gasteiger partial charge is 0.486 e. The molecule has 1 N–H and O–H groups in total. The number of nitrogens with zero attached hydrogens (tertiary/aromatic N) is 4. The van der Waals surface area contributed by atoms with Crippen LogP contribution in [0.4, 0.5) is 4.79 Å². The van der Waals surface area contributed by atoms with Crippen LogP contribution >= 0.6 is 11.6 Å². The van der Waals surface area contributed by atoms with Crippen molar-refractivity contribution in [1.82, 2.24) is 19.8 Å². The quantitative estimate of drug-likeness (QED) is 0.279. The molecule has 0 aliphatic carbocycles. The number of terminal acetylenes is 1. The highest BCUT2D eigenvalue weighted by atomic mass is 35.5. The lowest BCUT2D eigenvalue weighted by atomic mass is 9.93. The van der Waals surface area contributed by atoms with Crippen LogP contribution in [-0.2, 0) is 22.5 Å². The molecule has 4 rings (SSSR count). The van der Waals surface area contributed by atoms with Crippen molar-refractivity contribution in [3.63, 3.8) is 0 Å². The van der Waals surface area contributed by atoms with E-state index in [2.05, 4.69) is 28.9 Å². The number of imide groups is 1. The van der Waals surface area contributed by atoms with Crippen LogP contribution in [-0.4, -0.2) is 50.5 Å². The summed E-state index contributed by atoms with van der Waals surface area (Å²) in [6.45, 7) is 8.29. The summed E-state index contributed by atoms with van der Waals surface area (Å²) in [6.07, 6.45) is 11.2. The molecule has 1 aromatic heterocycles. The molecule has 0 radical (unpaired) electrons. The van der Waals surface area contributed by atoms with Gasteiger partial charge in [-0.2, -0.15) is 5.26 Å². The number of halogens is 1. The summed E-state index contributed by atoms with van der Waals surface area (Å²) in [5.74, 6) is 3.17. The smallest absolute Gasteiger partial charge is 0.325 e. The van der Waals surface area contributed by atoms with Crippen molar-refractivity contribution in [2.45, 2.75) is 44.1 Å². The molecule has 2 aliphatic rings. The number of imidazole rings is 1. The number of carbonyl (C=O) groups excluding carboxylic acids is 2. The summed E-state index contributed by atoms with van der Waals surface area (Å²) in [5.41, 5.74) is 1.42. The third-order valence-electron chi connectivity index (χ3n) is 5.95. The summed E-state index contributed by atoms with van der Waals surface area (Å²) in [6, 6.07) is 9.04. The molecule has 1 aromatic carbocycles. The second-order valence-electron chi connectivity index (χ2n) is 8.46. The fraction of sp³-hybridized carbons (Fsp3) is 0.333. The zero-order chi connectivity index (χ0) is 26.3. The summed E-state index contributed by atoms with van der Waals surface area (Å²) in [4.78, 5) is 31.2. The predicted molar refractivity (Wildman–Crippen MR) is 137 cm³/mol. The van der Waals surface area contributed by atoms with Gasteiger partial charge in [-0.25, -0.2) is 9.78 Å². The highest BCUT2D eigenvalue weighted by Crippen LogP contribution is 2.28. The molecule has 1 saturated heterocycles. The van der Waals surface area contributed by atoms with E-state index >= 15 is 0 Å². The van der Waals surface area contributed by atoms with Crippen LogP contribution in [0.15, 0.2) is 55.0 Å². The van der Waals surface area contributed by atoms with E-state index in [-0.39, 0.29) is 30.2 Å². The Morgan fingerprint density at radius 3 is 2.69 bits per heavy atom. The topological polar surface area (TPSA) is 100 Å². The van der Waals surface area contributed by atoms with Gasteiger partial charge >= 0.3 is 6.03 Å². The molecule has 2 atom stereocenters. The molecular formula is C27H28ClN5O3. The van der Waals surface area contributed by atoms with Gasteiger partial charge in [-0.3, -0.25) is 9.69 Å². The summed E-state index contributed by atoms with van der Waals surface area (Å²) in [5, 5.41) is 11.9. The van der Waals surface area contributed by atoms with E-state index in [0.717, 1.165) is 17.1 Å². The average molecular weight is 506 g/mol. The molecule has 8 nitrogen and oxygen atoms in total. The molecule has 186 valence electrons. The lowest BCUT2D eigenvalue weighted by Crippen LogP contribution is -2.48. The number of rotatable bonds is 6. The normalized spacial score (nSPS) is 19.2. The van der Waals surface area contributed by atoms with Crippen molar-refractivity contribution < 1.29 is 14.3 Å². The van der Waals surface area contributed by atoms with Gasteiger partial charge in [-0.15, -0.1) is 24.6 Å². The molecule has 2 aliphatic heterocycles. The number of benzene rings is 1. The Bertz CT molecular complexity index is 1250. The number of allylic oxidation sites excluding steroid dienone is 2. The maximum atomic E-state index is 13.0. The maximum Gasteiger partial charge on any atom is 0.325 e. The number of carbonyl (C=O) groups is 2. The highest BCUT2D eigenvalue weighted by Gasteiger charge is 2.51. The Balaban J connectivity index is 0.000000658. The molecule has 0 saturated carbocycles. The van der Waals surface area contributed by atoms with Gasteiger partial charge in [0, 0.05) is 49.3 Å².